The molecule has 1 aromatic carbocycles. The highest BCUT2D eigenvalue weighted by atomic mass is 16.5. The molecule has 1 fully saturated rings. The fourth-order valence-corrected chi connectivity index (χ4v) is 2.66. The first kappa shape index (κ1) is 16.8. The van der Waals surface area contributed by atoms with E-state index >= 15 is 0 Å². The predicted octanol–water partition coefficient (Wildman–Crippen LogP) is 2.79. The van der Waals surface area contributed by atoms with Crippen LogP contribution in [0.2, 0.25) is 0 Å². The average molecular weight is 304 g/mol. The molecular formula is C18H28N2O2. The number of carbonyl (C=O) groups excluding carboxylic acids is 1. The van der Waals surface area contributed by atoms with Crippen molar-refractivity contribution in [3.63, 3.8) is 0 Å². The second-order valence-electron chi connectivity index (χ2n) is 6.57. The molecule has 1 aliphatic rings. The molecule has 0 spiro atoms. The monoisotopic (exact) mass is 304 g/mol. The molecule has 1 N–H and O–H groups in total. The lowest BCUT2D eigenvalue weighted by Gasteiger charge is -2.30. The Hall–Kier alpha value is -1.55. The summed E-state index contributed by atoms with van der Waals surface area (Å²) in [5.74, 6) is 1.22. The number of nitrogens with zero attached hydrogens (tertiary/aromatic N) is 1. The van der Waals surface area contributed by atoms with Crippen molar-refractivity contribution >= 4 is 5.91 Å². The summed E-state index contributed by atoms with van der Waals surface area (Å²) in [4.78, 5) is 14.5. The molecule has 0 saturated carbocycles. The van der Waals surface area contributed by atoms with Crippen LogP contribution in [0.4, 0.5) is 0 Å². The molecule has 0 aromatic heterocycles. The van der Waals surface area contributed by atoms with E-state index < -0.39 is 6.10 Å². The lowest BCUT2D eigenvalue weighted by Crippen LogP contribution is -2.47. The van der Waals surface area contributed by atoms with Crippen molar-refractivity contribution in [3.05, 3.63) is 29.8 Å². The first-order valence-corrected chi connectivity index (χ1v) is 8.21. The fourth-order valence-electron chi connectivity index (χ4n) is 2.66. The van der Waals surface area contributed by atoms with Gasteiger partial charge in [-0.3, -0.25) is 4.79 Å². The number of hydrogen-bond donors (Lipinski definition) is 1. The Labute approximate surface area is 133 Å². The molecule has 0 aliphatic carbocycles. The van der Waals surface area contributed by atoms with Gasteiger partial charge in [0.25, 0.3) is 5.91 Å². The van der Waals surface area contributed by atoms with Gasteiger partial charge in [0.1, 0.15) is 5.75 Å². The van der Waals surface area contributed by atoms with Gasteiger partial charge in [-0.05, 0) is 63.5 Å². The molecule has 0 radical (unpaired) electrons. The molecule has 1 saturated heterocycles. The number of carbonyl (C=O) groups is 1. The zero-order valence-corrected chi connectivity index (χ0v) is 14.1. The summed E-state index contributed by atoms with van der Waals surface area (Å²) >= 11 is 0. The van der Waals surface area contributed by atoms with Crippen LogP contribution >= 0.6 is 0 Å². The van der Waals surface area contributed by atoms with Crippen LogP contribution in [0.5, 0.6) is 5.75 Å². The Morgan fingerprint density at radius 2 is 1.77 bits per heavy atom. The maximum Gasteiger partial charge on any atom is 0.260 e. The largest absolute Gasteiger partial charge is 0.481 e. The first-order chi connectivity index (χ1) is 10.5. The van der Waals surface area contributed by atoms with Crippen LogP contribution in [0.25, 0.3) is 0 Å². The number of likely N-dealkylation sites (tertiary alicyclic amines) is 1. The van der Waals surface area contributed by atoms with Gasteiger partial charge in [0.15, 0.2) is 6.10 Å². The van der Waals surface area contributed by atoms with E-state index in [4.69, 9.17) is 4.74 Å². The Balaban J connectivity index is 1.83. The first-order valence-electron chi connectivity index (χ1n) is 8.21. The third-order valence-corrected chi connectivity index (χ3v) is 4.29. The molecule has 1 atom stereocenters. The van der Waals surface area contributed by atoms with Gasteiger partial charge >= 0.3 is 0 Å². The number of ether oxygens (including phenoxy) is 1. The summed E-state index contributed by atoms with van der Waals surface area (Å²) in [5, 5.41) is 3.10. The normalized spacial score (nSPS) is 18.2. The summed E-state index contributed by atoms with van der Waals surface area (Å²) < 4.78 is 5.75. The quantitative estimate of drug-likeness (QED) is 0.909. The molecule has 1 heterocycles. The topological polar surface area (TPSA) is 41.6 Å². The molecule has 0 bridgehead atoms. The van der Waals surface area contributed by atoms with Crippen LogP contribution in [0.15, 0.2) is 24.3 Å². The molecule has 1 aromatic rings. The average Bonchev–Trinajstić information content (AvgIpc) is 2.50. The van der Waals surface area contributed by atoms with Gasteiger partial charge < -0.3 is 15.0 Å². The van der Waals surface area contributed by atoms with E-state index in [0.717, 1.165) is 31.7 Å². The van der Waals surface area contributed by atoms with E-state index in [1.165, 1.54) is 5.56 Å². The highest BCUT2D eigenvalue weighted by Gasteiger charge is 2.22. The Bertz CT molecular complexity index is 476. The van der Waals surface area contributed by atoms with Gasteiger partial charge in [-0.25, -0.2) is 0 Å². The number of nitrogens with one attached hydrogen (secondary N) is 1. The second-order valence-corrected chi connectivity index (χ2v) is 6.57. The maximum atomic E-state index is 12.2. The van der Waals surface area contributed by atoms with Crippen molar-refractivity contribution in [3.8, 4) is 5.75 Å². The number of hydrogen-bond acceptors (Lipinski definition) is 3. The third-order valence-electron chi connectivity index (χ3n) is 4.29. The van der Waals surface area contributed by atoms with Crippen molar-refractivity contribution in [2.45, 2.75) is 51.7 Å². The molecule has 2 rings (SSSR count). The molecule has 4 heteroatoms. The van der Waals surface area contributed by atoms with E-state index in [-0.39, 0.29) is 11.9 Å². The molecule has 4 nitrogen and oxygen atoms in total. The van der Waals surface area contributed by atoms with Gasteiger partial charge in [-0.15, -0.1) is 0 Å². The SMILES string of the molecule is CC(C)c1ccc(O[C@H](C)C(=O)NC2CCN(C)CC2)cc1. The van der Waals surface area contributed by atoms with Crippen LogP contribution in [0.3, 0.4) is 0 Å². The smallest absolute Gasteiger partial charge is 0.260 e. The van der Waals surface area contributed by atoms with E-state index in [1.807, 2.05) is 12.1 Å². The van der Waals surface area contributed by atoms with Gasteiger partial charge in [0.2, 0.25) is 0 Å². The van der Waals surface area contributed by atoms with Crippen LogP contribution < -0.4 is 10.1 Å². The number of piperidine rings is 1. The van der Waals surface area contributed by atoms with Crippen molar-refractivity contribution in [2.75, 3.05) is 20.1 Å². The lowest BCUT2D eigenvalue weighted by atomic mass is 10.0. The van der Waals surface area contributed by atoms with E-state index in [9.17, 15) is 4.79 Å². The van der Waals surface area contributed by atoms with Crippen molar-refractivity contribution in [2.24, 2.45) is 0 Å². The minimum absolute atomic E-state index is 0.0255. The van der Waals surface area contributed by atoms with Gasteiger partial charge in [-0.1, -0.05) is 26.0 Å². The van der Waals surface area contributed by atoms with Gasteiger partial charge in [0, 0.05) is 6.04 Å². The highest BCUT2D eigenvalue weighted by Crippen LogP contribution is 2.19. The third kappa shape index (κ3) is 4.73. The van der Waals surface area contributed by atoms with Gasteiger partial charge in [0.05, 0.1) is 0 Å². The molecule has 22 heavy (non-hydrogen) atoms. The zero-order chi connectivity index (χ0) is 16.1. The predicted molar refractivity (Wildman–Crippen MR) is 89.3 cm³/mol. The summed E-state index contributed by atoms with van der Waals surface area (Å²) in [7, 11) is 2.12. The van der Waals surface area contributed by atoms with Crippen LogP contribution in [-0.2, 0) is 4.79 Å². The van der Waals surface area contributed by atoms with Gasteiger partial charge in [-0.2, -0.15) is 0 Å². The van der Waals surface area contributed by atoms with Crippen LogP contribution in [-0.4, -0.2) is 43.1 Å². The second kappa shape index (κ2) is 7.63. The Kier molecular flexibility index (Phi) is 5.83. The molecule has 1 amide bonds. The van der Waals surface area contributed by atoms with Crippen LogP contribution in [0, 0.1) is 0 Å². The summed E-state index contributed by atoms with van der Waals surface area (Å²) in [6.07, 6.45) is 1.56. The standard InChI is InChI=1S/C18H28N2O2/c1-13(2)15-5-7-17(8-6-15)22-14(3)18(21)19-16-9-11-20(4)12-10-16/h5-8,13-14,16H,9-12H2,1-4H3,(H,19,21)/t14-/m1/s1. The van der Waals surface area contributed by atoms with Crippen molar-refractivity contribution < 1.29 is 9.53 Å². The van der Waals surface area contributed by atoms with E-state index in [2.05, 4.69) is 43.2 Å². The minimum atomic E-state index is -0.468. The minimum Gasteiger partial charge on any atom is -0.481 e. The summed E-state index contributed by atoms with van der Waals surface area (Å²) in [5.41, 5.74) is 1.27. The highest BCUT2D eigenvalue weighted by molar-refractivity contribution is 5.81. The zero-order valence-electron chi connectivity index (χ0n) is 14.1. The number of rotatable bonds is 5. The molecular weight excluding hydrogens is 276 g/mol. The summed E-state index contributed by atoms with van der Waals surface area (Å²) in [6, 6.07) is 8.27. The number of amides is 1. The van der Waals surface area contributed by atoms with E-state index in [1.54, 1.807) is 6.92 Å². The molecule has 0 unspecified atom stereocenters. The lowest BCUT2D eigenvalue weighted by molar-refractivity contribution is -0.128. The fraction of sp³-hybridized carbons (Fsp3) is 0.611. The maximum absolute atomic E-state index is 12.2. The number of benzene rings is 1. The van der Waals surface area contributed by atoms with E-state index in [0.29, 0.717) is 5.92 Å². The molecule has 122 valence electrons. The van der Waals surface area contributed by atoms with Crippen molar-refractivity contribution in [1.82, 2.24) is 10.2 Å². The van der Waals surface area contributed by atoms with Crippen LogP contribution in [0.1, 0.15) is 45.1 Å². The Morgan fingerprint density at radius 1 is 1.18 bits per heavy atom. The molecule has 1 aliphatic heterocycles. The summed E-state index contributed by atoms with van der Waals surface area (Å²) in [6.45, 7) is 8.20. The van der Waals surface area contributed by atoms with Crippen molar-refractivity contribution in [1.29, 1.82) is 0 Å². The Morgan fingerprint density at radius 3 is 2.32 bits per heavy atom.